The molecule has 0 fully saturated rings. The number of pyridine rings is 1. The van der Waals surface area contributed by atoms with Crippen LogP contribution in [0.2, 0.25) is 0 Å². The molecule has 2 N–H and O–H groups in total. The van der Waals surface area contributed by atoms with Crippen molar-refractivity contribution in [3.8, 4) is 0 Å². The minimum Gasteiger partial charge on any atom is -0.349 e. The monoisotopic (exact) mass is 250 g/mol. The Bertz CT molecular complexity index is 426. The summed E-state index contributed by atoms with van der Waals surface area (Å²) in [5.41, 5.74) is 0.180. The molecule has 1 rings (SSSR count). The van der Waals surface area contributed by atoms with Gasteiger partial charge >= 0.3 is 0 Å². The summed E-state index contributed by atoms with van der Waals surface area (Å²) in [5, 5.41) is 3.00. The van der Waals surface area contributed by atoms with Gasteiger partial charge in [0.05, 0.1) is 0 Å². The number of nitrogens with one attached hydrogen (secondary N) is 2. The van der Waals surface area contributed by atoms with Gasteiger partial charge < -0.3 is 10.3 Å². The zero-order valence-corrected chi connectivity index (χ0v) is 11.2. The molecule has 1 unspecified atom stereocenters. The second-order valence-electron chi connectivity index (χ2n) is 4.54. The van der Waals surface area contributed by atoms with Gasteiger partial charge in [-0.2, -0.15) is 0 Å². The molecule has 0 aliphatic heterocycles. The van der Waals surface area contributed by atoms with Gasteiger partial charge in [-0.3, -0.25) is 9.59 Å². The van der Waals surface area contributed by atoms with E-state index in [1.54, 1.807) is 6.07 Å². The van der Waals surface area contributed by atoms with Crippen LogP contribution in [0.25, 0.3) is 0 Å². The van der Waals surface area contributed by atoms with E-state index in [0.717, 1.165) is 32.1 Å². The lowest BCUT2D eigenvalue weighted by atomic mass is 10.0. The quantitative estimate of drug-likeness (QED) is 0.781. The molecular weight excluding hydrogens is 228 g/mol. The van der Waals surface area contributed by atoms with Gasteiger partial charge in [0.1, 0.15) is 0 Å². The fraction of sp³-hybridized carbons (Fsp3) is 0.571. The average Bonchev–Trinajstić information content (AvgIpc) is 2.36. The van der Waals surface area contributed by atoms with Crippen molar-refractivity contribution >= 4 is 5.91 Å². The Kier molecular flexibility index (Phi) is 6.19. The third-order valence-electron chi connectivity index (χ3n) is 2.92. The molecule has 1 aromatic rings. The summed E-state index contributed by atoms with van der Waals surface area (Å²) in [6, 6.07) is 3.17. The summed E-state index contributed by atoms with van der Waals surface area (Å²) in [6.07, 6.45) is 6.76. The van der Waals surface area contributed by atoms with Crippen LogP contribution in [0.3, 0.4) is 0 Å². The van der Waals surface area contributed by atoms with Crippen molar-refractivity contribution in [2.75, 3.05) is 0 Å². The molecule has 0 radical (unpaired) electrons. The van der Waals surface area contributed by atoms with Crippen LogP contribution >= 0.6 is 0 Å². The molecule has 0 aliphatic carbocycles. The number of rotatable bonds is 7. The summed E-state index contributed by atoms with van der Waals surface area (Å²) >= 11 is 0. The number of hydrogen-bond donors (Lipinski definition) is 2. The van der Waals surface area contributed by atoms with Crippen LogP contribution < -0.4 is 10.9 Å². The molecule has 1 heterocycles. The highest BCUT2D eigenvalue weighted by atomic mass is 16.2. The van der Waals surface area contributed by atoms with Gasteiger partial charge in [0.2, 0.25) is 5.56 Å². The molecule has 0 saturated heterocycles. The number of unbranched alkanes of at least 4 members (excludes halogenated alkanes) is 1. The van der Waals surface area contributed by atoms with Gasteiger partial charge in [-0.05, 0) is 18.9 Å². The van der Waals surface area contributed by atoms with E-state index < -0.39 is 0 Å². The number of aromatic amines is 1. The first-order chi connectivity index (χ1) is 8.67. The lowest BCUT2D eigenvalue weighted by molar-refractivity contribution is 0.0932. The molecule has 0 aromatic carbocycles. The summed E-state index contributed by atoms with van der Waals surface area (Å²) in [4.78, 5) is 25.6. The second-order valence-corrected chi connectivity index (χ2v) is 4.54. The van der Waals surface area contributed by atoms with Gasteiger partial charge in [-0.25, -0.2) is 0 Å². The fourth-order valence-electron chi connectivity index (χ4n) is 1.94. The number of carbonyl (C=O) groups excluding carboxylic acids is 1. The summed E-state index contributed by atoms with van der Waals surface area (Å²) in [5.74, 6) is -0.157. The van der Waals surface area contributed by atoms with E-state index in [1.807, 2.05) is 0 Å². The molecule has 0 saturated carbocycles. The number of hydrogen-bond acceptors (Lipinski definition) is 2. The third kappa shape index (κ3) is 4.73. The maximum absolute atomic E-state index is 12.0. The fourth-order valence-corrected chi connectivity index (χ4v) is 1.94. The highest BCUT2D eigenvalue weighted by Crippen LogP contribution is 2.08. The number of H-pyrrole nitrogens is 1. The molecule has 0 aliphatic rings. The van der Waals surface area contributed by atoms with Gasteiger partial charge in [-0.1, -0.05) is 33.1 Å². The van der Waals surface area contributed by atoms with Crippen LogP contribution in [0, 0.1) is 0 Å². The lowest BCUT2D eigenvalue weighted by Gasteiger charge is -2.17. The predicted molar refractivity (Wildman–Crippen MR) is 72.7 cm³/mol. The van der Waals surface area contributed by atoms with Crippen molar-refractivity contribution in [2.45, 2.75) is 52.0 Å². The van der Waals surface area contributed by atoms with Gasteiger partial charge in [0, 0.05) is 23.9 Å². The topological polar surface area (TPSA) is 62.0 Å². The Morgan fingerprint density at radius 3 is 2.72 bits per heavy atom. The average molecular weight is 250 g/mol. The van der Waals surface area contributed by atoms with Crippen LogP contribution in [-0.4, -0.2) is 16.9 Å². The van der Waals surface area contributed by atoms with Gasteiger partial charge in [0.15, 0.2) is 0 Å². The van der Waals surface area contributed by atoms with Crippen molar-refractivity contribution in [3.05, 3.63) is 34.2 Å². The lowest BCUT2D eigenvalue weighted by Crippen LogP contribution is -2.35. The van der Waals surface area contributed by atoms with E-state index in [1.165, 1.54) is 12.3 Å². The van der Waals surface area contributed by atoms with E-state index in [4.69, 9.17) is 0 Å². The Labute approximate surface area is 108 Å². The molecule has 4 nitrogen and oxygen atoms in total. The third-order valence-corrected chi connectivity index (χ3v) is 2.92. The maximum Gasteiger partial charge on any atom is 0.251 e. The van der Waals surface area contributed by atoms with Crippen molar-refractivity contribution < 1.29 is 4.79 Å². The number of amides is 1. The minimum absolute atomic E-state index is 0.157. The van der Waals surface area contributed by atoms with Crippen molar-refractivity contribution in [2.24, 2.45) is 0 Å². The Hall–Kier alpha value is -1.58. The van der Waals surface area contributed by atoms with E-state index in [0.29, 0.717) is 5.56 Å². The Morgan fingerprint density at radius 2 is 2.11 bits per heavy atom. The van der Waals surface area contributed by atoms with Crippen molar-refractivity contribution in [1.82, 2.24) is 10.3 Å². The number of carbonyl (C=O) groups is 1. The molecule has 1 amide bonds. The van der Waals surface area contributed by atoms with Crippen LogP contribution in [0.1, 0.15) is 56.3 Å². The van der Waals surface area contributed by atoms with Crippen LogP contribution in [0.5, 0.6) is 0 Å². The first kappa shape index (κ1) is 14.5. The zero-order valence-electron chi connectivity index (χ0n) is 11.2. The molecule has 1 atom stereocenters. The molecule has 1 aromatic heterocycles. The smallest absolute Gasteiger partial charge is 0.251 e. The van der Waals surface area contributed by atoms with Gasteiger partial charge in [0.25, 0.3) is 5.91 Å². The molecule has 0 bridgehead atoms. The maximum atomic E-state index is 12.0. The standard InChI is InChI=1S/C14H22N2O2/c1-3-5-7-12(6-4-2)16-14(18)11-8-9-15-13(17)10-11/h8-10,12H,3-7H2,1-2H3,(H,15,17)(H,16,18). The highest BCUT2D eigenvalue weighted by molar-refractivity contribution is 5.94. The molecule has 4 heteroatoms. The minimum atomic E-state index is -0.247. The van der Waals surface area contributed by atoms with Crippen molar-refractivity contribution in [3.63, 3.8) is 0 Å². The second kappa shape index (κ2) is 7.69. The SMILES string of the molecule is CCCCC(CCC)NC(=O)c1cc[nH]c(=O)c1. The molecule has 100 valence electrons. The highest BCUT2D eigenvalue weighted by Gasteiger charge is 2.12. The van der Waals surface area contributed by atoms with Gasteiger partial charge in [-0.15, -0.1) is 0 Å². The van der Waals surface area contributed by atoms with Crippen LogP contribution in [0.15, 0.2) is 23.1 Å². The zero-order chi connectivity index (χ0) is 13.4. The largest absolute Gasteiger partial charge is 0.349 e. The van der Waals surface area contributed by atoms with E-state index in [-0.39, 0.29) is 17.5 Å². The predicted octanol–water partition coefficient (Wildman–Crippen LogP) is 2.46. The summed E-state index contributed by atoms with van der Waals surface area (Å²) < 4.78 is 0. The first-order valence-electron chi connectivity index (χ1n) is 6.67. The summed E-state index contributed by atoms with van der Waals surface area (Å²) in [6.45, 7) is 4.25. The number of aromatic nitrogens is 1. The normalized spacial score (nSPS) is 12.1. The molecule has 0 spiro atoms. The van der Waals surface area contributed by atoms with E-state index in [2.05, 4.69) is 24.1 Å². The van der Waals surface area contributed by atoms with E-state index in [9.17, 15) is 9.59 Å². The molecule has 18 heavy (non-hydrogen) atoms. The molecular formula is C14H22N2O2. The van der Waals surface area contributed by atoms with Crippen molar-refractivity contribution in [1.29, 1.82) is 0 Å². The van der Waals surface area contributed by atoms with Crippen LogP contribution in [0.4, 0.5) is 0 Å². The Morgan fingerprint density at radius 1 is 1.33 bits per heavy atom. The summed E-state index contributed by atoms with van der Waals surface area (Å²) in [7, 11) is 0. The first-order valence-corrected chi connectivity index (χ1v) is 6.67. The Balaban J connectivity index is 2.62. The van der Waals surface area contributed by atoms with E-state index >= 15 is 0 Å². The van der Waals surface area contributed by atoms with Crippen LogP contribution in [-0.2, 0) is 0 Å².